The Labute approximate surface area is 161 Å². The van der Waals surface area contributed by atoms with Crippen LogP contribution in [-0.2, 0) is 13.6 Å². The number of para-hydroxylation sites is 1. The topological polar surface area (TPSA) is 92.0 Å². The molecule has 3 rings (SSSR count). The number of rotatable bonds is 7. The summed E-state index contributed by atoms with van der Waals surface area (Å²) in [5.41, 5.74) is 1.09. The molecule has 11 heteroatoms. The van der Waals surface area contributed by atoms with E-state index in [-0.39, 0.29) is 25.6 Å². The van der Waals surface area contributed by atoms with Gasteiger partial charge in [0.15, 0.2) is 0 Å². The zero-order valence-corrected chi connectivity index (χ0v) is 17.1. The van der Waals surface area contributed by atoms with Crippen LogP contribution in [0, 0.1) is 0 Å². The molecular weight excluding hydrogens is 399 g/mol. The van der Waals surface area contributed by atoms with Crippen molar-refractivity contribution in [3.63, 3.8) is 0 Å². The summed E-state index contributed by atoms with van der Waals surface area (Å²) in [7, 11) is -1.89. The van der Waals surface area contributed by atoms with Crippen LogP contribution >= 0.6 is 18.9 Å². The van der Waals surface area contributed by atoms with E-state index in [0.29, 0.717) is 22.0 Å². The Balaban J connectivity index is 0.00000243. The van der Waals surface area contributed by atoms with Crippen molar-refractivity contribution in [2.45, 2.75) is 13.8 Å². The fourth-order valence-electron chi connectivity index (χ4n) is 2.49. The van der Waals surface area contributed by atoms with Crippen LogP contribution in [0.25, 0.3) is 16.3 Å². The van der Waals surface area contributed by atoms with Gasteiger partial charge in [-0.15, -0.1) is 4.68 Å². The highest BCUT2D eigenvalue weighted by Crippen LogP contribution is 2.47. The maximum absolute atomic E-state index is 13.1. The summed E-state index contributed by atoms with van der Waals surface area (Å²) in [5.74, 6) is 7.35. The number of nitrogen functional groups attached to an aromatic ring is 1. The minimum absolute atomic E-state index is 0. The number of halogens is 1. The van der Waals surface area contributed by atoms with Gasteiger partial charge in [0.05, 0.1) is 31.0 Å². The maximum atomic E-state index is 13.1. The van der Waals surface area contributed by atoms with Crippen LogP contribution in [0.5, 0.6) is 5.75 Å². The molecular formula is C15H20ClN4O4PS. The van der Waals surface area contributed by atoms with Crippen LogP contribution in [-0.4, -0.2) is 29.9 Å². The number of ether oxygens (including phenoxy) is 1. The van der Waals surface area contributed by atoms with Crippen LogP contribution in [0.4, 0.5) is 0 Å². The Morgan fingerprint density at radius 2 is 1.92 bits per heavy atom. The van der Waals surface area contributed by atoms with Gasteiger partial charge in [0.2, 0.25) is 5.44 Å². The van der Waals surface area contributed by atoms with E-state index < -0.39 is 7.60 Å². The zero-order chi connectivity index (χ0) is 18.0. The van der Waals surface area contributed by atoms with Gasteiger partial charge in [-0.25, -0.2) is 0 Å². The van der Waals surface area contributed by atoms with Gasteiger partial charge < -0.3 is 26.2 Å². The molecule has 0 unspecified atom stereocenters. The van der Waals surface area contributed by atoms with Crippen molar-refractivity contribution in [1.29, 1.82) is 0 Å². The number of aromatic nitrogens is 3. The Kier molecular flexibility index (Phi) is 6.65. The second kappa shape index (κ2) is 8.37. The molecule has 0 saturated heterocycles. The highest BCUT2D eigenvalue weighted by molar-refractivity contribution is 7.62. The minimum Gasteiger partial charge on any atom is -1.00 e. The summed E-state index contributed by atoms with van der Waals surface area (Å²) in [5, 5.41) is 6.23. The number of hydrogen-bond donors (Lipinski definition) is 1. The molecule has 2 N–H and O–H groups in total. The maximum Gasteiger partial charge on any atom is 0.397 e. The first-order valence-electron chi connectivity index (χ1n) is 7.76. The molecule has 8 nitrogen and oxygen atoms in total. The molecule has 0 spiro atoms. The predicted molar refractivity (Wildman–Crippen MR) is 95.9 cm³/mol. The van der Waals surface area contributed by atoms with Gasteiger partial charge in [-0.1, -0.05) is 28.0 Å². The van der Waals surface area contributed by atoms with E-state index in [1.807, 2.05) is 24.3 Å². The van der Waals surface area contributed by atoms with E-state index in [1.165, 1.54) is 20.5 Å². The van der Waals surface area contributed by atoms with Gasteiger partial charge in [-0.2, -0.15) is 0 Å². The molecule has 0 aliphatic heterocycles. The number of nitrogens with two attached hydrogens (primary N) is 1. The molecule has 0 fully saturated rings. The molecule has 0 aliphatic rings. The fraction of sp³-hybridized carbons (Fsp3) is 0.333. The molecule has 3 aromatic rings. The Hall–Kier alpha value is -1.64. The third-order valence-corrected chi connectivity index (χ3v) is 6.70. The summed E-state index contributed by atoms with van der Waals surface area (Å²) in [6.07, 6.45) is 0. The smallest absolute Gasteiger partial charge is 0.397 e. The second-order valence-corrected chi connectivity index (χ2v) is 7.82. The van der Waals surface area contributed by atoms with E-state index in [4.69, 9.17) is 19.6 Å². The highest BCUT2D eigenvalue weighted by atomic mass is 35.5. The standard InChI is InChI=1S/C15H20N4O4PS.ClH/c1-4-22-24(20,23-5-2)13-10-25-15-18(16)14(17-19(13)15)11-8-6-7-9-12(11)21-3;/h6-10H,4-5,16H2,1-3H3;1H/q+1;/p-1. The van der Waals surface area contributed by atoms with Crippen molar-refractivity contribution in [2.75, 3.05) is 26.2 Å². The summed E-state index contributed by atoms with van der Waals surface area (Å²) in [6.45, 7) is 4.05. The van der Waals surface area contributed by atoms with Gasteiger partial charge in [-0.3, -0.25) is 10.4 Å². The van der Waals surface area contributed by atoms with Crippen LogP contribution in [0.1, 0.15) is 13.8 Å². The van der Waals surface area contributed by atoms with Gasteiger partial charge >= 0.3 is 18.4 Å². The third kappa shape index (κ3) is 3.45. The first kappa shape index (κ1) is 20.7. The van der Waals surface area contributed by atoms with Crippen molar-refractivity contribution in [2.24, 2.45) is 0 Å². The largest absolute Gasteiger partial charge is 1.00 e. The van der Waals surface area contributed by atoms with Crippen molar-refractivity contribution in [3.8, 4) is 17.1 Å². The number of hydrogen-bond acceptors (Lipinski definition) is 7. The van der Waals surface area contributed by atoms with Crippen molar-refractivity contribution in [3.05, 3.63) is 29.6 Å². The molecule has 142 valence electrons. The lowest BCUT2D eigenvalue weighted by Crippen LogP contribution is -3.00. The van der Waals surface area contributed by atoms with E-state index in [9.17, 15) is 4.57 Å². The lowest BCUT2D eigenvalue weighted by atomic mass is 10.2. The van der Waals surface area contributed by atoms with Crippen molar-refractivity contribution < 1.29 is 35.4 Å². The number of nitrogens with zero attached hydrogens (tertiary/aromatic N) is 3. The summed E-state index contributed by atoms with van der Waals surface area (Å²) in [6, 6.07) is 7.43. The van der Waals surface area contributed by atoms with Gasteiger partial charge in [-0.05, 0) is 26.0 Å². The molecule has 0 amide bonds. The molecule has 0 aliphatic carbocycles. The number of fused-ring (bicyclic) bond motifs is 1. The summed E-state index contributed by atoms with van der Waals surface area (Å²) in [4.78, 5) is 0.607. The van der Waals surface area contributed by atoms with E-state index in [1.54, 1.807) is 26.3 Å². The quantitative estimate of drug-likeness (QED) is 0.300. The first-order chi connectivity index (χ1) is 12.1. The average molecular weight is 419 g/mol. The second-order valence-electron chi connectivity index (χ2n) is 5.02. The Bertz CT molecular complexity index is 935. The normalized spacial score (nSPS) is 11.5. The van der Waals surface area contributed by atoms with E-state index in [2.05, 4.69) is 5.10 Å². The lowest BCUT2D eigenvalue weighted by Gasteiger charge is -2.12. The fourth-order valence-corrected chi connectivity index (χ4v) is 5.37. The zero-order valence-electron chi connectivity index (χ0n) is 14.6. The predicted octanol–water partition coefficient (Wildman–Crippen LogP) is -1.03. The number of thiazole rings is 1. The van der Waals surface area contributed by atoms with Gasteiger partial charge in [0.25, 0.3) is 0 Å². The molecule has 0 atom stereocenters. The van der Waals surface area contributed by atoms with Crippen molar-refractivity contribution in [1.82, 2.24) is 9.61 Å². The van der Waals surface area contributed by atoms with E-state index >= 15 is 0 Å². The number of benzene rings is 1. The Morgan fingerprint density at radius 1 is 1.27 bits per heavy atom. The van der Waals surface area contributed by atoms with Gasteiger partial charge in [0, 0.05) is 5.38 Å². The Morgan fingerprint density at radius 3 is 2.54 bits per heavy atom. The molecule has 2 aromatic heterocycles. The number of methoxy groups -OCH3 is 1. The SMILES string of the molecule is CCOP(=O)(OCC)c1csc2n1nc(-c1ccccc1OC)[n+]2N.[Cl-]. The minimum atomic E-state index is -3.48. The highest BCUT2D eigenvalue weighted by Gasteiger charge is 2.38. The van der Waals surface area contributed by atoms with Gasteiger partial charge in [0.1, 0.15) is 5.75 Å². The van der Waals surface area contributed by atoms with Crippen LogP contribution < -0.4 is 33.1 Å². The lowest BCUT2D eigenvalue weighted by molar-refractivity contribution is -0.598. The average Bonchev–Trinajstić information content (AvgIpc) is 3.16. The molecule has 1 aromatic carbocycles. The van der Waals surface area contributed by atoms with Crippen LogP contribution in [0.15, 0.2) is 29.6 Å². The monoisotopic (exact) mass is 418 g/mol. The van der Waals surface area contributed by atoms with Crippen molar-refractivity contribution >= 4 is 29.3 Å². The summed E-state index contributed by atoms with van der Waals surface area (Å²) < 4.78 is 32.3. The molecule has 0 bridgehead atoms. The molecule has 0 saturated carbocycles. The third-order valence-electron chi connectivity index (χ3n) is 3.52. The van der Waals surface area contributed by atoms with Crippen LogP contribution in [0.2, 0.25) is 0 Å². The summed E-state index contributed by atoms with van der Waals surface area (Å²) >= 11 is 1.31. The molecule has 2 heterocycles. The molecule has 26 heavy (non-hydrogen) atoms. The van der Waals surface area contributed by atoms with Crippen LogP contribution in [0.3, 0.4) is 0 Å². The van der Waals surface area contributed by atoms with E-state index in [0.717, 1.165) is 5.56 Å². The first-order valence-corrected chi connectivity index (χ1v) is 10.2. The molecule has 0 radical (unpaired) electrons.